The molecular formula is C19H26FN3OS. The molecule has 2 rings (SSSR count). The molecule has 25 heavy (non-hydrogen) atoms. The van der Waals surface area contributed by atoms with E-state index in [9.17, 15) is 9.18 Å². The number of imidazole rings is 1. The average Bonchev–Trinajstić information content (AvgIpc) is 2.83. The fourth-order valence-electron chi connectivity index (χ4n) is 2.42. The number of halogens is 1. The molecule has 0 aliphatic carbocycles. The van der Waals surface area contributed by atoms with Crippen molar-refractivity contribution in [3.05, 3.63) is 41.0 Å². The van der Waals surface area contributed by atoms with Crippen LogP contribution in [0.4, 0.5) is 10.1 Å². The van der Waals surface area contributed by atoms with Crippen LogP contribution in [-0.4, -0.2) is 20.7 Å². The van der Waals surface area contributed by atoms with E-state index < -0.39 is 0 Å². The van der Waals surface area contributed by atoms with E-state index in [-0.39, 0.29) is 17.0 Å². The molecule has 4 nitrogen and oxygen atoms in total. The maximum absolute atomic E-state index is 13.6. The van der Waals surface area contributed by atoms with Gasteiger partial charge in [-0.25, -0.2) is 9.37 Å². The highest BCUT2D eigenvalue weighted by Crippen LogP contribution is 2.26. The number of thioether (sulfide) groups is 1. The summed E-state index contributed by atoms with van der Waals surface area (Å²) in [4.78, 5) is 17.0. The van der Waals surface area contributed by atoms with E-state index in [2.05, 4.69) is 28.7 Å². The van der Waals surface area contributed by atoms with Crippen molar-refractivity contribution in [1.29, 1.82) is 0 Å². The van der Waals surface area contributed by atoms with Gasteiger partial charge >= 0.3 is 0 Å². The number of nitrogens with zero attached hydrogens (tertiary/aromatic N) is 2. The fourth-order valence-corrected chi connectivity index (χ4v) is 3.45. The minimum Gasteiger partial charge on any atom is -0.325 e. The van der Waals surface area contributed by atoms with Crippen LogP contribution in [0.15, 0.2) is 23.4 Å². The van der Waals surface area contributed by atoms with Gasteiger partial charge in [0.25, 0.3) is 0 Å². The summed E-state index contributed by atoms with van der Waals surface area (Å²) in [5, 5.41) is 3.31. The summed E-state index contributed by atoms with van der Waals surface area (Å²) in [6.45, 7) is 10.6. The van der Waals surface area contributed by atoms with E-state index in [0.29, 0.717) is 11.3 Å². The lowest BCUT2D eigenvalue weighted by molar-refractivity contribution is -0.115. The SMILES string of the molecule is CCCCn1c(S[C@@H](C)C(=O)Nc2ccc(C)c(F)c2)nc(C)c1C. The lowest BCUT2D eigenvalue weighted by Gasteiger charge is -2.14. The first-order valence-corrected chi connectivity index (χ1v) is 9.48. The Hall–Kier alpha value is -1.82. The summed E-state index contributed by atoms with van der Waals surface area (Å²) in [6.07, 6.45) is 2.18. The molecule has 0 saturated heterocycles. The van der Waals surface area contributed by atoms with Crippen molar-refractivity contribution < 1.29 is 9.18 Å². The first kappa shape index (κ1) is 19.5. The van der Waals surface area contributed by atoms with Crippen LogP contribution in [0.5, 0.6) is 0 Å². The van der Waals surface area contributed by atoms with Crippen molar-refractivity contribution in [3.8, 4) is 0 Å². The third-order valence-electron chi connectivity index (χ3n) is 4.25. The van der Waals surface area contributed by atoms with Crippen LogP contribution in [-0.2, 0) is 11.3 Å². The van der Waals surface area contributed by atoms with Gasteiger partial charge in [0.2, 0.25) is 5.91 Å². The Labute approximate surface area is 153 Å². The first-order valence-electron chi connectivity index (χ1n) is 8.60. The summed E-state index contributed by atoms with van der Waals surface area (Å²) in [5.74, 6) is -0.479. The maximum atomic E-state index is 13.6. The number of carbonyl (C=O) groups excluding carboxylic acids is 1. The van der Waals surface area contributed by atoms with E-state index in [4.69, 9.17) is 0 Å². The minimum absolute atomic E-state index is 0.159. The Morgan fingerprint density at radius 2 is 2.08 bits per heavy atom. The minimum atomic E-state index is -0.328. The van der Waals surface area contributed by atoms with Crippen LogP contribution in [0.2, 0.25) is 0 Å². The van der Waals surface area contributed by atoms with Gasteiger partial charge in [-0.05, 0) is 51.8 Å². The number of rotatable bonds is 7. The van der Waals surface area contributed by atoms with E-state index >= 15 is 0 Å². The maximum Gasteiger partial charge on any atom is 0.237 e. The highest BCUT2D eigenvalue weighted by molar-refractivity contribution is 8.00. The number of nitrogens with one attached hydrogen (secondary N) is 1. The second-order valence-corrected chi connectivity index (χ2v) is 7.59. The molecule has 0 saturated carbocycles. The Bertz CT molecular complexity index is 757. The highest BCUT2D eigenvalue weighted by atomic mass is 32.2. The van der Waals surface area contributed by atoms with Gasteiger partial charge in [-0.1, -0.05) is 31.2 Å². The van der Waals surface area contributed by atoms with Crippen molar-refractivity contribution in [2.45, 2.75) is 64.4 Å². The first-order chi connectivity index (χ1) is 11.8. The van der Waals surface area contributed by atoms with Gasteiger partial charge in [-0.15, -0.1) is 0 Å². The normalized spacial score (nSPS) is 12.2. The number of amides is 1. The zero-order valence-electron chi connectivity index (χ0n) is 15.5. The molecule has 0 aliphatic heterocycles. The highest BCUT2D eigenvalue weighted by Gasteiger charge is 2.20. The van der Waals surface area contributed by atoms with Crippen molar-refractivity contribution in [2.24, 2.45) is 0 Å². The van der Waals surface area contributed by atoms with Crippen molar-refractivity contribution >= 4 is 23.4 Å². The third-order valence-corrected chi connectivity index (χ3v) is 5.34. The molecule has 0 unspecified atom stereocenters. The van der Waals surface area contributed by atoms with Gasteiger partial charge in [0.1, 0.15) is 5.82 Å². The zero-order valence-corrected chi connectivity index (χ0v) is 16.3. The van der Waals surface area contributed by atoms with Gasteiger partial charge < -0.3 is 9.88 Å². The lowest BCUT2D eigenvalue weighted by Crippen LogP contribution is -2.23. The molecule has 1 amide bonds. The molecule has 1 heterocycles. The van der Waals surface area contributed by atoms with Crippen LogP contribution in [0.1, 0.15) is 43.6 Å². The molecule has 1 aromatic heterocycles. The van der Waals surface area contributed by atoms with E-state index in [0.717, 1.165) is 35.9 Å². The summed E-state index contributed by atoms with van der Waals surface area (Å²) in [7, 11) is 0. The predicted octanol–water partition coefficient (Wildman–Crippen LogP) is 4.87. The van der Waals surface area contributed by atoms with E-state index in [1.165, 1.54) is 17.8 Å². The Morgan fingerprint density at radius 1 is 1.36 bits per heavy atom. The number of aryl methyl sites for hydroxylation is 2. The van der Waals surface area contributed by atoms with Crippen molar-refractivity contribution in [1.82, 2.24) is 9.55 Å². The molecule has 0 radical (unpaired) electrons. The van der Waals surface area contributed by atoms with Crippen LogP contribution >= 0.6 is 11.8 Å². The van der Waals surface area contributed by atoms with Crippen LogP contribution < -0.4 is 5.32 Å². The second-order valence-electron chi connectivity index (χ2n) is 6.28. The smallest absolute Gasteiger partial charge is 0.237 e. The number of hydrogen-bond acceptors (Lipinski definition) is 3. The number of unbranched alkanes of at least 4 members (excludes halogenated alkanes) is 1. The predicted molar refractivity (Wildman–Crippen MR) is 102 cm³/mol. The molecule has 136 valence electrons. The molecule has 6 heteroatoms. The monoisotopic (exact) mass is 363 g/mol. The number of benzene rings is 1. The van der Waals surface area contributed by atoms with Gasteiger partial charge in [0, 0.05) is 17.9 Å². The zero-order chi connectivity index (χ0) is 18.6. The van der Waals surface area contributed by atoms with Crippen LogP contribution in [0, 0.1) is 26.6 Å². The van der Waals surface area contributed by atoms with Gasteiger partial charge in [-0.3, -0.25) is 4.79 Å². The van der Waals surface area contributed by atoms with Gasteiger partial charge in [0.05, 0.1) is 10.9 Å². The molecule has 0 aliphatic rings. The summed E-state index contributed by atoms with van der Waals surface area (Å²) >= 11 is 1.44. The topological polar surface area (TPSA) is 46.9 Å². The number of aromatic nitrogens is 2. The Morgan fingerprint density at radius 3 is 2.72 bits per heavy atom. The number of carbonyl (C=O) groups is 1. The molecule has 0 spiro atoms. The number of anilines is 1. The molecule has 2 aromatic rings. The molecule has 1 aromatic carbocycles. The Kier molecular flexibility index (Phi) is 6.64. The van der Waals surface area contributed by atoms with Crippen LogP contribution in [0.25, 0.3) is 0 Å². The molecule has 1 atom stereocenters. The second kappa shape index (κ2) is 8.52. The molecule has 1 N–H and O–H groups in total. The Balaban J connectivity index is 2.08. The third kappa shape index (κ3) is 4.84. The summed E-state index contributed by atoms with van der Waals surface area (Å²) < 4.78 is 15.8. The standard InChI is InChI=1S/C19H26FN3OS/c1-6-7-10-23-14(4)13(3)21-19(23)25-15(5)18(24)22-16-9-8-12(2)17(20)11-16/h8-9,11,15H,6-7,10H2,1-5H3,(H,22,24)/t15-/m0/s1. The van der Waals surface area contributed by atoms with Crippen molar-refractivity contribution in [3.63, 3.8) is 0 Å². The van der Waals surface area contributed by atoms with Crippen LogP contribution in [0.3, 0.4) is 0 Å². The number of hydrogen-bond donors (Lipinski definition) is 1. The summed E-state index contributed by atoms with van der Waals surface area (Å²) in [5.41, 5.74) is 3.17. The van der Waals surface area contributed by atoms with E-state index in [1.807, 2.05) is 13.8 Å². The molecule has 0 bridgehead atoms. The molecule has 0 fully saturated rings. The largest absolute Gasteiger partial charge is 0.325 e. The quantitative estimate of drug-likeness (QED) is 0.714. The lowest BCUT2D eigenvalue weighted by atomic mass is 10.2. The summed E-state index contributed by atoms with van der Waals surface area (Å²) in [6, 6.07) is 4.72. The molecular weight excluding hydrogens is 337 g/mol. The fraction of sp³-hybridized carbons (Fsp3) is 0.474. The average molecular weight is 364 g/mol. The van der Waals surface area contributed by atoms with E-state index in [1.54, 1.807) is 19.1 Å². The van der Waals surface area contributed by atoms with Gasteiger partial charge in [0.15, 0.2) is 5.16 Å². The van der Waals surface area contributed by atoms with Gasteiger partial charge in [-0.2, -0.15) is 0 Å². The van der Waals surface area contributed by atoms with Crippen molar-refractivity contribution in [2.75, 3.05) is 5.32 Å².